The topological polar surface area (TPSA) is 134 Å². The Labute approximate surface area is 192 Å². The van der Waals surface area contributed by atoms with Crippen LogP contribution in [0.3, 0.4) is 0 Å². The van der Waals surface area contributed by atoms with Crippen molar-refractivity contribution < 1.29 is 34.1 Å². The molecule has 2 aromatic rings. The summed E-state index contributed by atoms with van der Waals surface area (Å²) in [5.41, 5.74) is 0.185. The number of benzene rings is 2. The van der Waals surface area contributed by atoms with Crippen molar-refractivity contribution in [2.45, 2.75) is 51.0 Å². The van der Waals surface area contributed by atoms with Crippen molar-refractivity contribution in [1.82, 2.24) is 10.6 Å². The van der Waals surface area contributed by atoms with Crippen LogP contribution in [-0.2, 0) is 20.7 Å². The van der Waals surface area contributed by atoms with Gasteiger partial charge in [-0.15, -0.1) is 0 Å². The monoisotopic (exact) mass is 458 g/mol. The maximum absolute atomic E-state index is 12.9. The smallest absolute Gasteiger partial charge is 0.407 e. The van der Waals surface area contributed by atoms with E-state index in [1.807, 2.05) is 6.07 Å². The lowest BCUT2D eigenvalue weighted by Gasteiger charge is -2.27. The molecule has 0 heterocycles. The van der Waals surface area contributed by atoms with Gasteiger partial charge in [0.2, 0.25) is 0 Å². The molecule has 0 aromatic heterocycles. The normalized spacial score (nSPS) is 13.8. The van der Waals surface area contributed by atoms with Gasteiger partial charge in [0.25, 0.3) is 5.91 Å². The first-order chi connectivity index (χ1) is 15.5. The second-order valence-corrected chi connectivity index (χ2v) is 8.41. The van der Waals surface area contributed by atoms with E-state index in [2.05, 4.69) is 10.6 Å². The van der Waals surface area contributed by atoms with Crippen molar-refractivity contribution in [3.8, 4) is 5.75 Å². The van der Waals surface area contributed by atoms with Crippen LogP contribution in [0.1, 0.15) is 37.9 Å². The van der Waals surface area contributed by atoms with Crippen molar-refractivity contribution >= 4 is 18.0 Å². The highest BCUT2D eigenvalue weighted by molar-refractivity contribution is 5.88. The number of rotatable bonds is 9. The molecule has 0 spiro atoms. The Morgan fingerprint density at radius 2 is 1.58 bits per heavy atom. The molecule has 0 unspecified atom stereocenters. The van der Waals surface area contributed by atoms with Crippen LogP contribution in [0.15, 0.2) is 54.6 Å². The zero-order valence-electron chi connectivity index (χ0n) is 19.1. The molecule has 33 heavy (non-hydrogen) atoms. The predicted octanol–water partition coefficient (Wildman–Crippen LogP) is 2.43. The molecule has 0 aliphatic heterocycles. The molecular weight excluding hydrogens is 428 g/mol. The number of hydrogen-bond acceptors (Lipinski definition) is 6. The van der Waals surface area contributed by atoms with Crippen LogP contribution in [0.2, 0.25) is 0 Å². The summed E-state index contributed by atoms with van der Waals surface area (Å²) in [5, 5.41) is 25.3. The Morgan fingerprint density at radius 3 is 2.15 bits per heavy atom. The van der Waals surface area contributed by atoms with Gasteiger partial charge in [-0.05, 0) is 38.8 Å². The van der Waals surface area contributed by atoms with E-state index in [1.165, 1.54) is 13.2 Å². The van der Waals surface area contributed by atoms with Gasteiger partial charge in [-0.2, -0.15) is 0 Å². The first-order valence-electron chi connectivity index (χ1n) is 10.4. The SMILES string of the molecule is COc1ccccc1[C@H](NC(=O)[C@@H](O)[C@@H](Cc1ccccc1)NC(=O)OC(C)(C)C)C(=O)O. The Hall–Kier alpha value is -3.59. The zero-order valence-corrected chi connectivity index (χ0v) is 19.1. The number of para-hydroxylation sites is 1. The van der Waals surface area contributed by atoms with Crippen LogP contribution in [-0.4, -0.2) is 53.0 Å². The Kier molecular flexibility index (Phi) is 8.81. The van der Waals surface area contributed by atoms with E-state index in [-0.39, 0.29) is 17.7 Å². The first-order valence-corrected chi connectivity index (χ1v) is 10.4. The molecule has 3 atom stereocenters. The van der Waals surface area contributed by atoms with Crippen molar-refractivity contribution in [2.75, 3.05) is 7.11 Å². The summed E-state index contributed by atoms with van der Waals surface area (Å²) in [7, 11) is 1.38. The largest absolute Gasteiger partial charge is 0.496 e. The number of aliphatic hydroxyl groups excluding tert-OH is 1. The van der Waals surface area contributed by atoms with Gasteiger partial charge in [-0.1, -0.05) is 48.5 Å². The number of ether oxygens (including phenoxy) is 2. The van der Waals surface area contributed by atoms with Crippen LogP contribution in [0, 0.1) is 0 Å². The highest BCUT2D eigenvalue weighted by atomic mass is 16.6. The summed E-state index contributed by atoms with van der Waals surface area (Å²) in [5.74, 6) is -2.03. The third-order valence-electron chi connectivity index (χ3n) is 4.63. The Bertz CT molecular complexity index is 957. The molecule has 4 N–H and O–H groups in total. The molecule has 0 fully saturated rings. The molecule has 178 valence electrons. The average Bonchev–Trinajstić information content (AvgIpc) is 2.75. The van der Waals surface area contributed by atoms with E-state index in [9.17, 15) is 24.6 Å². The van der Waals surface area contributed by atoms with E-state index in [1.54, 1.807) is 63.2 Å². The Morgan fingerprint density at radius 1 is 0.970 bits per heavy atom. The zero-order chi connectivity index (χ0) is 24.6. The molecule has 2 aromatic carbocycles. The van der Waals surface area contributed by atoms with Gasteiger partial charge in [0.05, 0.1) is 13.2 Å². The summed E-state index contributed by atoms with van der Waals surface area (Å²) in [4.78, 5) is 37.1. The van der Waals surface area contributed by atoms with Gasteiger partial charge in [0.15, 0.2) is 12.1 Å². The second-order valence-electron chi connectivity index (χ2n) is 8.41. The number of aliphatic hydroxyl groups is 1. The molecule has 9 nitrogen and oxygen atoms in total. The number of hydrogen-bond donors (Lipinski definition) is 4. The number of alkyl carbamates (subject to hydrolysis) is 1. The summed E-state index contributed by atoms with van der Waals surface area (Å²) in [6.07, 6.45) is -2.45. The minimum absolute atomic E-state index is 0.112. The molecule has 0 bridgehead atoms. The van der Waals surface area contributed by atoms with Crippen molar-refractivity contribution in [3.63, 3.8) is 0 Å². The van der Waals surface area contributed by atoms with E-state index in [0.717, 1.165) is 5.56 Å². The maximum Gasteiger partial charge on any atom is 0.407 e. The van der Waals surface area contributed by atoms with Gasteiger partial charge >= 0.3 is 12.1 Å². The first kappa shape index (κ1) is 25.7. The fraction of sp³-hybridized carbons (Fsp3) is 0.375. The van der Waals surface area contributed by atoms with Gasteiger partial charge in [-0.25, -0.2) is 9.59 Å². The van der Waals surface area contributed by atoms with E-state index < -0.39 is 41.8 Å². The van der Waals surface area contributed by atoms with Gasteiger partial charge in [0.1, 0.15) is 11.4 Å². The van der Waals surface area contributed by atoms with Crippen molar-refractivity contribution in [2.24, 2.45) is 0 Å². The van der Waals surface area contributed by atoms with E-state index in [0.29, 0.717) is 0 Å². The summed E-state index contributed by atoms with van der Waals surface area (Å²) in [6.45, 7) is 5.06. The second kappa shape index (κ2) is 11.3. The number of methoxy groups -OCH3 is 1. The molecule has 2 amide bonds. The molecule has 0 saturated carbocycles. The van der Waals surface area contributed by atoms with E-state index in [4.69, 9.17) is 9.47 Å². The van der Waals surface area contributed by atoms with Crippen LogP contribution >= 0.6 is 0 Å². The fourth-order valence-electron chi connectivity index (χ4n) is 3.16. The third-order valence-corrected chi connectivity index (χ3v) is 4.63. The van der Waals surface area contributed by atoms with Crippen LogP contribution in [0.25, 0.3) is 0 Å². The average molecular weight is 459 g/mol. The van der Waals surface area contributed by atoms with Crippen molar-refractivity contribution in [3.05, 3.63) is 65.7 Å². The number of carbonyl (C=O) groups is 3. The maximum atomic E-state index is 12.9. The number of aliphatic carboxylic acids is 1. The van der Waals surface area contributed by atoms with Gasteiger partial charge in [-0.3, -0.25) is 4.79 Å². The van der Waals surface area contributed by atoms with Crippen LogP contribution < -0.4 is 15.4 Å². The minimum Gasteiger partial charge on any atom is -0.496 e. The Balaban J connectivity index is 2.25. The third kappa shape index (κ3) is 7.80. The summed E-state index contributed by atoms with van der Waals surface area (Å²) in [6, 6.07) is 12.7. The molecule has 0 aliphatic carbocycles. The number of carboxylic acid groups (broad SMARTS) is 1. The van der Waals surface area contributed by atoms with Crippen LogP contribution in [0.4, 0.5) is 4.79 Å². The molecular formula is C24H30N2O7. The molecule has 0 radical (unpaired) electrons. The highest BCUT2D eigenvalue weighted by Crippen LogP contribution is 2.25. The number of carbonyl (C=O) groups excluding carboxylic acids is 2. The molecule has 9 heteroatoms. The number of carboxylic acids is 1. The lowest BCUT2D eigenvalue weighted by Crippen LogP contribution is -2.53. The van der Waals surface area contributed by atoms with E-state index >= 15 is 0 Å². The predicted molar refractivity (Wildman–Crippen MR) is 121 cm³/mol. The minimum atomic E-state index is -1.76. The number of amides is 2. The van der Waals surface area contributed by atoms with Gasteiger partial charge in [0, 0.05) is 5.56 Å². The summed E-state index contributed by atoms with van der Waals surface area (Å²) >= 11 is 0. The fourth-order valence-corrected chi connectivity index (χ4v) is 3.16. The lowest BCUT2D eigenvalue weighted by atomic mass is 9.99. The quantitative estimate of drug-likeness (QED) is 0.453. The molecule has 0 saturated heterocycles. The molecule has 2 rings (SSSR count). The summed E-state index contributed by atoms with van der Waals surface area (Å²) < 4.78 is 10.4. The highest BCUT2D eigenvalue weighted by Gasteiger charge is 2.33. The van der Waals surface area contributed by atoms with Gasteiger partial charge < -0.3 is 30.3 Å². The lowest BCUT2D eigenvalue weighted by molar-refractivity contribution is -0.144. The van der Waals surface area contributed by atoms with Crippen molar-refractivity contribution in [1.29, 1.82) is 0 Å². The molecule has 0 aliphatic rings. The van der Waals surface area contributed by atoms with Crippen LogP contribution in [0.5, 0.6) is 5.75 Å². The standard InChI is InChI=1S/C24H30N2O7/c1-24(2,3)33-23(31)25-17(14-15-10-6-5-7-11-15)20(27)21(28)26-19(22(29)30)16-12-8-9-13-18(16)32-4/h5-13,17,19-20,27H,14H2,1-4H3,(H,25,31)(H,26,28)(H,29,30)/t17-,19+,20+/m1/s1. The number of nitrogens with one attached hydrogen (secondary N) is 2.